The first-order valence-electron chi connectivity index (χ1n) is 4.86. The summed E-state index contributed by atoms with van der Waals surface area (Å²) in [5, 5.41) is 3.05. The number of carbonyl (C=O) groups excluding carboxylic acids is 1. The minimum atomic E-state index is -0.243. The van der Waals surface area contributed by atoms with Crippen LogP contribution in [0.1, 0.15) is 19.8 Å². The lowest BCUT2D eigenvalue weighted by atomic mass is 10.3. The summed E-state index contributed by atoms with van der Waals surface area (Å²) < 4.78 is 0. The minimum absolute atomic E-state index is 0.243. The Labute approximate surface area is 80.5 Å². The molecule has 4 nitrogen and oxygen atoms in total. The Balaban J connectivity index is 3.66. The summed E-state index contributed by atoms with van der Waals surface area (Å²) in [7, 11) is 1.91. The molecule has 0 unspecified atom stereocenters. The number of likely N-dealkylation sites (N-methyl/N-ethyl adjacent to an activating group) is 1. The minimum Gasteiger partial charge on any atom is -0.369 e. The van der Waals surface area contributed by atoms with Crippen molar-refractivity contribution in [1.82, 2.24) is 10.2 Å². The monoisotopic (exact) mass is 187 g/mol. The molecule has 0 aromatic carbocycles. The molecule has 0 aliphatic heterocycles. The summed E-state index contributed by atoms with van der Waals surface area (Å²) in [5.74, 6) is -0.243. The van der Waals surface area contributed by atoms with E-state index < -0.39 is 0 Å². The highest BCUT2D eigenvalue weighted by Gasteiger charge is 2.06. The molecular formula is C9H21N3O. The van der Waals surface area contributed by atoms with Gasteiger partial charge in [-0.05, 0) is 20.0 Å². The van der Waals surface area contributed by atoms with Crippen LogP contribution in [0.2, 0.25) is 0 Å². The fourth-order valence-corrected chi connectivity index (χ4v) is 1.14. The number of nitrogens with one attached hydrogen (secondary N) is 1. The van der Waals surface area contributed by atoms with Gasteiger partial charge < -0.3 is 11.1 Å². The first-order valence-corrected chi connectivity index (χ1v) is 4.86. The molecule has 0 aromatic heterocycles. The largest absolute Gasteiger partial charge is 0.369 e. The molecule has 3 N–H and O–H groups in total. The molecule has 4 heteroatoms. The highest BCUT2D eigenvalue weighted by Crippen LogP contribution is 1.93. The van der Waals surface area contributed by atoms with Gasteiger partial charge in [0.2, 0.25) is 5.91 Å². The molecule has 0 rings (SSSR count). The Hall–Kier alpha value is -0.610. The van der Waals surface area contributed by atoms with Crippen molar-refractivity contribution in [2.24, 2.45) is 5.73 Å². The van der Waals surface area contributed by atoms with Gasteiger partial charge in [-0.25, -0.2) is 0 Å². The van der Waals surface area contributed by atoms with Gasteiger partial charge in [0.1, 0.15) is 0 Å². The van der Waals surface area contributed by atoms with E-state index in [1.54, 1.807) is 0 Å². The topological polar surface area (TPSA) is 58.4 Å². The maximum atomic E-state index is 10.7. The van der Waals surface area contributed by atoms with Crippen molar-refractivity contribution in [2.45, 2.75) is 19.8 Å². The van der Waals surface area contributed by atoms with E-state index in [2.05, 4.69) is 17.1 Å². The van der Waals surface area contributed by atoms with Crippen LogP contribution in [0.25, 0.3) is 0 Å². The molecule has 0 bridgehead atoms. The lowest BCUT2D eigenvalue weighted by molar-refractivity contribution is -0.119. The van der Waals surface area contributed by atoms with Crippen LogP contribution < -0.4 is 11.1 Å². The number of amides is 1. The van der Waals surface area contributed by atoms with E-state index >= 15 is 0 Å². The van der Waals surface area contributed by atoms with Gasteiger partial charge in [-0.2, -0.15) is 0 Å². The van der Waals surface area contributed by atoms with Gasteiger partial charge >= 0.3 is 0 Å². The number of hydrogen-bond acceptors (Lipinski definition) is 3. The Bertz CT molecular complexity index is 131. The lowest BCUT2D eigenvalue weighted by Gasteiger charge is -2.19. The van der Waals surface area contributed by atoms with Crippen molar-refractivity contribution in [1.29, 1.82) is 0 Å². The summed E-state index contributed by atoms with van der Waals surface area (Å²) in [6, 6.07) is 0. The van der Waals surface area contributed by atoms with Crippen LogP contribution in [0, 0.1) is 0 Å². The number of rotatable bonds is 8. The quantitative estimate of drug-likeness (QED) is 0.553. The molecule has 1 amide bonds. The molecule has 0 saturated carbocycles. The zero-order valence-corrected chi connectivity index (χ0v) is 8.68. The molecule has 0 fully saturated rings. The third-order valence-corrected chi connectivity index (χ3v) is 1.89. The summed E-state index contributed by atoms with van der Waals surface area (Å²) >= 11 is 0. The number of hydrogen-bond donors (Lipinski definition) is 2. The Morgan fingerprint density at radius 2 is 2.15 bits per heavy atom. The van der Waals surface area contributed by atoms with Crippen LogP contribution in [0.15, 0.2) is 0 Å². The Morgan fingerprint density at radius 3 is 2.62 bits per heavy atom. The summed E-state index contributed by atoms with van der Waals surface area (Å²) in [5.41, 5.74) is 5.14. The van der Waals surface area contributed by atoms with Gasteiger partial charge in [0.25, 0.3) is 0 Å². The molecule has 0 aromatic rings. The molecule has 0 heterocycles. The third kappa shape index (κ3) is 7.74. The van der Waals surface area contributed by atoms with Crippen LogP contribution in [0.4, 0.5) is 0 Å². The van der Waals surface area contributed by atoms with Crippen LogP contribution in [-0.2, 0) is 4.79 Å². The number of nitrogens with zero attached hydrogens (tertiary/aromatic N) is 1. The second-order valence-electron chi connectivity index (χ2n) is 3.20. The van der Waals surface area contributed by atoms with Crippen molar-refractivity contribution in [3.63, 3.8) is 0 Å². The van der Waals surface area contributed by atoms with E-state index in [4.69, 9.17) is 5.73 Å². The van der Waals surface area contributed by atoms with E-state index in [1.807, 2.05) is 7.05 Å². The molecule has 0 aliphatic carbocycles. The van der Waals surface area contributed by atoms with Crippen molar-refractivity contribution < 1.29 is 4.79 Å². The molecule has 0 radical (unpaired) electrons. The molecule has 13 heavy (non-hydrogen) atoms. The lowest BCUT2D eigenvalue weighted by Crippen LogP contribution is -2.38. The van der Waals surface area contributed by atoms with Gasteiger partial charge in [0.05, 0.1) is 6.54 Å². The maximum Gasteiger partial charge on any atom is 0.231 e. The SMILES string of the molecule is CCCCN(CCNC)CC(N)=O. The molecule has 0 saturated heterocycles. The smallest absolute Gasteiger partial charge is 0.231 e. The van der Waals surface area contributed by atoms with Crippen LogP contribution in [0.3, 0.4) is 0 Å². The zero-order valence-electron chi connectivity index (χ0n) is 8.68. The van der Waals surface area contributed by atoms with Gasteiger partial charge in [-0.3, -0.25) is 9.69 Å². The average Bonchev–Trinajstić information content (AvgIpc) is 2.09. The van der Waals surface area contributed by atoms with E-state index in [0.717, 1.165) is 32.5 Å². The van der Waals surface area contributed by atoms with Crippen LogP contribution in [0.5, 0.6) is 0 Å². The zero-order chi connectivity index (χ0) is 10.1. The van der Waals surface area contributed by atoms with E-state index in [0.29, 0.717) is 6.54 Å². The molecule has 0 aliphatic rings. The highest BCUT2D eigenvalue weighted by molar-refractivity contribution is 5.75. The fraction of sp³-hybridized carbons (Fsp3) is 0.889. The van der Waals surface area contributed by atoms with Gasteiger partial charge in [-0.1, -0.05) is 13.3 Å². The van der Waals surface area contributed by atoms with Crippen LogP contribution in [-0.4, -0.2) is 44.0 Å². The van der Waals surface area contributed by atoms with E-state index in [9.17, 15) is 4.79 Å². The van der Waals surface area contributed by atoms with Crippen molar-refractivity contribution in [3.8, 4) is 0 Å². The normalized spacial score (nSPS) is 10.7. The summed E-state index contributed by atoms with van der Waals surface area (Å²) in [6.45, 7) is 5.26. The average molecular weight is 187 g/mol. The number of nitrogens with two attached hydrogens (primary N) is 1. The number of carbonyl (C=O) groups is 1. The van der Waals surface area contributed by atoms with E-state index in [1.165, 1.54) is 0 Å². The Kier molecular flexibility index (Phi) is 7.63. The van der Waals surface area contributed by atoms with Crippen LogP contribution >= 0.6 is 0 Å². The second-order valence-corrected chi connectivity index (χ2v) is 3.20. The number of primary amides is 1. The second kappa shape index (κ2) is 8.01. The predicted molar refractivity (Wildman–Crippen MR) is 54.5 cm³/mol. The van der Waals surface area contributed by atoms with Crippen molar-refractivity contribution in [3.05, 3.63) is 0 Å². The van der Waals surface area contributed by atoms with Gasteiger partial charge in [0, 0.05) is 13.1 Å². The molecule has 78 valence electrons. The molecule has 0 atom stereocenters. The fourth-order valence-electron chi connectivity index (χ4n) is 1.14. The van der Waals surface area contributed by atoms with Gasteiger partial charge in [-0.15, -0.1) is 0 Å². The Morgan fingerprint density at radius 1 is 1.46 bits per heavy atom. The number of unbranched alkanes of at least 4 members (excludes halogenated alkanes) is 1. The molecule has 0 spiro atoms. The summed E-state index contributed by atoms with van der Waals surface area (Å²) in [6.07, 6.45) is 2.27. The standard InChI is InChI=1S/C9H21N3O/c1-3-4-6-12(7-5-11-2)8-9(10)13/h11H,3-8H2,1-2H3,(H2,10,13). The highest BCUT2D eigenvalue weighted by atomic mass is 16.1. The molecular weight excluding hydrogens is 166 g/mol. The first-order chi connectivity index (χ1) is 6.20. The maximum absolute atomic E-state index is 10.7. The van der Waals surface area contributed by atoms with Crippen molar-refractivity contribution in [2.75, 3.05) is 33.2 Å². The third-order valence-electron chi connectivity index (χ3n) is 1.89. The predicted octanol–water partition coefficient (Wildman–Crippen LogP) is -0.207. The first kappa shape index (κ1) is 12.4. The van der Waals surface area contributed by atoms with Crippen molar-refractivity contribution >= 4 is 5.91 Å². The van der Waals surface area contributed by atoms with E-state index in [-0.39, 0.29) is 5.91 Å². The summed E-state index contributed by atoms with van der Waals surface area (Å²) in [4.78, 5) is 12.8. The van der Waals surface area contributed by atoms with Gasteiger partial charge in [0.15, 0.2) is 0 Å².